The number of ether oxygens (including phenoxy) is 1. The largest absolute Gasteiger partial charge is 0.491 e. The molecule has 4 heteroatoms. The SMILES string of the molecule is CCC(C)c1ccccc1OCC(O)CNC(C)(C)C.Cl. The first kappa shape index (κ1) is 20.2. The fraction of sp³-hybridized carbons (Fsp3) is 0.647. The van der Waals surface area contributed by atoms with Crippen molar-refractivity contribution in [1.29, 1.82) is 0 Å². The second kappa shape index (κ2) is 9.29. The Hall–Kier alpha value is -0.770. The topological polar surface area (TPSA) is 41.5 Å². The van der Waals surface area contributed by atoms with Gasteiger partial charge < -0.3 is 15.2 Å². The smallest absolute Gasteiger partial charge is 0.122 e. The fourth-order valence-corrected chi connectivity index (χ4v) is 1.91. The molecular formula is C17H30ClNO2. The van der Waals surface area contributed by atoms with Gasteiger partial charge in [0.05, 0.1) is 0 Å². The average molecular weight is 316 g/mol. The van der Waals surface area contributed by atoms with Gasteiger partial charge in [0, 0.05) is 12.1 Å². The molecule has 2 atom stereocenters. The quantitative estimate of drug-likeness (QED) is 0.805. The number of benzene rings is 1. The third kappa shape index (κ3) is 7.70. The molecule has 0 aliphatic heterocycles. The highest BCUT2D eigenvalue weighted by atomic mass is 35.5. The summed E-state index contributed by atoms with van der Waals surface area (Å²) in [6, 6.07) is 8.08. The maximum absolute atomic E-state index is 9.97. The Balaban J connectivity index is 0.00000400. The molecule has 0 bridgehead atoms. The Labute approximate surface area is 135 Å². The van der Waals surface area contributed by atoms with Gasteiger partial charge >= 0.3 is 0 Å². The van der Waals surface area contributed by atoms with Gasteiger partial charge in [-0.3, -0.25) is 0 Å². The highest BCUT2D eigenvalue weighted by Gasteiger charge is 2.14. The summed E-state index contributed by atoms with van der Waals surface area (Å²) in [6.45, 7) is 11.5. The summed E-state index contributed by atoms with van der Waals surface area (Å²) in [4.78, 5) is 0. The van der Waals surface area contributed by atoms with Crippen molar-refractivity contribution in [2.75, 3.05) is 13.2 Å². The second-order valence-corrected chi connectivity index (χ2v) is 6.44. The highest BCUT2D eigenvalue weighted by molar-refractivity contribution is 5.85. The van der Waals surface area contributed by atoms with Crippen LogP contribution in [-0.2, 0) is 0 Å². The first-order chi connectivity index (χ1) is 9.33. The Bertz CT molecular complexity index is 404. The molecule has 0 saturated heterocycles. The Morgan fingerprint density at radius 1 is 1.24 bits per heavy atom. The summed E-state index contributed by atoms with van der Waals surface area (Å²) in [7, 11) is 0. The summed E-state index contributed by atoms with van der Waals surface area (Å²) in [5, 5.41) is 13.2. The molecule has 0 spiro atoms. The van der Waals surface area contributed by atoms with Gasteiger partial charge in [-0.1, -0.05) is 32.0 Å². The zero-order valence-corrected chi connectivity index (χ0v) is 14.7. The van der Waals surface area contributed by atoms with Crippen LogP contribution in [0.3, 0.4) is 0 Å². The lowest BCUT2D eigenvalue weighted by molar-refractivity contribution is 0.0994. The normalized spacial score (nSPS) is 14.2. The zero-order chi connectivity index (χ0) is 15.2. The molecule has 0 aliphatic carbocycles. The van der Waals surface area contributed by atoms with E-state index in [1.54, 1.807) is 0 Å². The molecule has 21 heavy (non-hydrogen) atoms. The van der Waals surface area contributed by atoms with Crippen LogP contribution in [0.15, 0.2) is 24.3 Å². The predicted molar refractivity (Wildman–Crippen MR) is 91.7 cm³/mol. The van der Waals surface area contributed by atoms with E-state index in [-0.39, 0.29) is 17.9 Å². The number of halogens is 1. The molecule has 0 saturated carbocycles. The minimum Gasteiger partial charge on any atom is -0.491 e. The van der Waals surface area contributed by atoms with Crippen LogP contribution in [0.1, 0.15) is 52.5 Å². The van der Waals surface area contributed by atoms with Gasteiger partial charge in [-0.2, -0.15) is 0 Å². The molecule has 0 aliphatic rings. The number of para-hydroxylation sites is 1. The average Bonchev–Trinajstić information content (AvgIpc) is 2.41. The minimum atomic E-state index is -0.501. The third-order valence-electron chi connectivity index (χ3n) is 3.36. The number of hydrogen-bond donors (Lipinski definition) is 2. The summed E-state index contributed by atoms with van der Waals surface area (Å²) >= 11 is 0. The maximum Gasteiger partial charge on any atom is 0.122 e. The van der Waals surface area contributed by atoms with Crippen LogP contribution < -0.4 is 10.1 Å². The Morgan fingerprint density at radius 2 is 1.86 bits per heavy atom. The van der Waals surface area contributed by atoms with E-state index in [1.165, 1.54) is 5.56 Å². The van der Waals surface area contributed by atoms with E-state index in [1.807, 2.05) is 18.2 Å². The van der Waals surface area contributed by atoms with Gasteiger partial charge in [0.15, 0.2) is 0 Å². The third-order valence-corrected chi connectivity index (χ3v) is 3.36. The lowest BCUT2D eigenvalue weighted by atomic mass is 9.98. The van der Waals surface area contributed by atoms with Gasteiger partial charge in [-0.05, 0) is 44.7 Å². The number of hydrogen-bond acceptors (Lipinski definition) is 3. The maximum atomic E-state index is 9.97. The van der Waals surface area contributed by atoms with Crippen molar-refractivity contribution >= 4 is 12.4 Å². The van der Waals surface area contributed by atoms with Crippen LogP contribution in [-0.4, -0.2) is 29.9 Å². The summed E-state index contributed by atoms with van der Waals surface area (Å²) in [6.07, 6.45) is 0.577. The van der Waals surface area contributed by atoms with Gasteiger partial charge in [0.1, 0.15) is 18.5 Å². The van der Waals surface area contributed by atoms with E-state index >= 15 is 0 Å². The van der Waals surface area contributed by atoms with Crippen molar-refractivity contribution in [2.45, 2.75) is 58.6 Å². The van der Waals surface area contributed by atoms with Crippen molar-refractivity contribution in [1.82, 2.24) is 5.32 Å². The van der Waals surface area contributed by atoms with Crippen LogP contribution >= 0.6 is 12.4 Å². The number of β-amino-alcohol motifs (C(OH)–C–C–N with tert-alkyl or cyclic N) is 1. The molecular weight excluding hydrogens is 286 g/mol. The monoisotopic (exact) mass is 315 g/mol. The van der Waals surface area contributed by atoms with Crippen LogP contribution in [0.25, 0.3) is 0 Å². The van der Waals surface area contributed by atoms with Crippen LogP contribution in [0, 0.1) is 0 Å². The van der Waals surface area contributed by atoms with Crippen molar-refractivity contribution in [3.05, 3.63) is 29.8 Å². The first-order valence-electron chi connectivity index (χ1n) is 7.48. The molecule has 0 aromatic heterocycles. The van der Waals surface area contributed by atoms with Gasteiger partial charge in [0.25, 0.3) is 0 Å². The summed E-state index contributed by atoms with van der Waals surface area (Å²) in [5.41, 5.74) is 1.22. The molecule has 1 aromatic carbocycles. The van der Waals surface area contributed by atoms with Crippen molar-refractivity contribution in [3.63, 3.8) is 0 Å². The van der Waals surface area contributed by atoms with Gasteiger partial charge in [-0.15, -0.1) is 12.4 Å². The van der Waals surface area contributed by atoms with E-state index in [9.17, 15) is 5.11 Å². The van der Waals surface area contributed by atoms with Crippen LogP contribution in [0.5, 0.6) is 5.75 Å². The predicted octanol–water partition coefficient (Wildman–Crippen LogP) is 3.75. The van der Waals surface area contributed by atoms with E-state index < -0.39 is 6.10 Å². The zero-order valence-electron chi connectivity index (χ0n) is 13.8. The number of aliphatic hydroxyl groups is 1. The Morgan fingerprint density at radius 3 is 2.43 bits per heavy atom. The molecule has 2 N–H and O–H groups in total. The molecule has 122 valence electrons. The molecule has 1 rings (SSSR count). The van der Waals surface area contributed by atoms with Gasteiger partial charge in [-0.25, -0.2) is 0 Å². The van der Waals surface area contributed by atoms with Crippen LogP contribution in [0.4, 0.5) is 0 Å². The van der Waals surface area contributed by atoms with E-state index in [4.69, 9.17) is 4.74 Å². The molecule has 0 amide bonds. The number of rotatable bonds is 7. The van der Waals surface area contributed by atoms with E-state index in [0.29, 0.717) is 19.1 Å². The molecule has 0 radical (unpaired) electrons. The molecule has 1 aromatic rings. The summed E-state index contributed by atoms with van der Waals surface area (Å²) in [5.74, 6) is 1.35. The van der Waals surface area contributed by atoms with E-state index in [0.717, 1.165) is 12.2 Å². The molecule has 3 nitrogen and oxygen atoms in total. The molecule has 0 fully saturated rings. The van der Waals surface area contributed by atoms with Gasteiger partial charge in [0.2, 0.25) is 0 Å². The lowest BCUT2D eigenvalue weighted by Gasteiger charge is -2.23. The van der Waals surface area contributed by atoms with Crippen LogP contribution in [0.2, 0.25) is 0 Å². The standard InChI is InChI=1S/C17H29NO2.ClH/c1-6-13(2)15-9-7-8-10-16(15)20-12-14(19)11-18-17(3,4)5;/h7-10,13-14,18-19H,6,11-12H2,1-5H3;1H. The molecule has 2 unspecified atom stereocenters. The minimum absolute atomic E-state index is 0. The summed E-state index contributed by atoms with van der Waals surface area (Å²) < 4.78 is 5.80. The van der Waals surface area contributed by atoms with Crippen molar-refractivity contribution in [2.24, 2.45) is 0 Å². The highest BCUT2D eigenvalue weighted by Crippen LogP contribution is 2.28. The van der Waals surface area contributed by atoms with Crippen molar-refractivity contribution < 1.29 is 9.84 Å². The number of nitrogens with one attached hydrogen (secondary N) is 1. The van der Waals surface area contributed by atoms with Crippen molar-refractivity contribution in [3.8, 4) is 5.75 Å². The molecule has 0 heterocycles. The number of aliphatic hydroxyl groups excluding tert-OH is 1. The first-order valence-corrected chi connectivity index (χ1v) is 7.48. The van der Waals surface area contributed by atoms with E-state index in [2.05, 4.69) is 46.0 Å². The lowest BCUT2D eigenvalue weighted by Crippen LogP contribution is -2.42. The fourth-order valence-electron chi connectivity index (χ4n) is 1.91. The Kier molecular flexibility index (Phi) is 8.95. The second-order valence-electron chi connectivity index (χ2n) is 6.44.